The van der Waals surface area contributed by atoms with Gasteiger partial charge in [-0.25, -0.2) is 14.6 Å². The summed E-state index contributed by atoms with van der Waals surface area (Å²) in [4.78, 5) is 31.1. The van der Waals surface area contributed by atoms with E-state index in [-0.39, 0.29) is 29.1 Å². The second-order valence-electron chi connectivity index (χ2n) is 7.93. The molecule has 0 radical (unpaired) electrons. The van der Waals surface area contributed by atoms with E-state index < -0.39 is 17.7 Å². The number of fused-ring (bicyclic) bond motifs is 1. The Balaban J connectivity index is 1.62. The Bertz CT molecular complexity index is 1520. The number of nitrogens with two attached hydrogens (primary N) is 1. The summed E-state index contributed by atoms with van der Waals surface area (Å²) in [5.41, 5.74) is 8.86. The molecule has 13 nitrogen and oxygen atoms in total. The van der Waals surface area contributed by atoms with Gasteiger partial charge in [-0.3, -0.25) is 10.4 Å². The number of H-pyrrole nitrogens is 1. The van der Waals surface area contributed by atoms with E-state index in [0.717, 1.165) is 21.6 Å². The first-order chi connectivity index (χ1) is 17.9. The molecular formula is C23H21N7O6S. The van der Waals surface area contributed by atoms with Crippen LogP contribution in [0.25, 0.3) is 5.82 Å². The number of nitrogen functional groups attached to an aromatic ring is 1. The van der Waals surface area contributed by atoms with E-state index in [2.05, 4.69) is 20.4 Å². The quantitative estimate of drug-likeness (QED) is 0.169. The maximum absolute atomic E-state index is 12.9. The number of aromatic carboxylic acids is 1. The molecule has 0 saturated carbocycles. The number of hydrogen-bond donors (Lipinski definition) is 5. The highest BCUT2D eigenvalue weighted by Gasteiger charge is 2.27. The van der Waals surface area contributed by atoms with E-state index in [1.807, 2.05) is 6.07 Å². The number of aromatic nitrogens is 4. The van der Waals surface area contributed by atoms with Crippen molar-refractivity contribution in [1.82, 2.24) is 19.7 Å². The van der Waals surface area contributed by atoms with Crippen LogP contribution < -0.4 is 26.2 Å². The van der Waals surface area contributed by atoms with Crippen molar-refractivity contribution in [3.8, 4) is 17.3 Å². The molecule has 4 aromatic rings. The summed E-state index contributed by atoms with van der Waals surface area (Å²) in [5, 5.41) is 24.8. The van der Waals surface area contributed by atoms with Gasteiger partial charge in [0.2, 0.25) is 0 Å². The van der Waals surface area contributed by atoms with Crippen LogP contribution in [0.4, 0.5) is 5.69 Å². The van der Waals surface area contributed by atoms with Crippen molar-refractivity contribution in [1.29, 1.82) is 5.41 Å². The predicted molar refractivity (Wildman–Crippen MR) is 133 cm³/mol. The third-order valence-electron chi connectivity index (χ3n) is 5.61. The Kier molecular flexibility index (Phi) is 6.33. The fourth-order valence-electron chi connectivity index (χ4n) is 3.90. The minimum atomic E-state index is -1.21. The number of aromatic amines is 1. The lowest BCUT2D eigenvalue weighted by molar-refractivity contribution is -0.0180. The van der Waals surface area contributed by atoms with Gasteiger partial charge < -0.3 is 30.4 Å². The summed E-state index contributed by atoms with van der Waals surface area (Å²) < 4.78 is 17.5. The van der Waals surface area contributed by atoms with E-state index in [0.29, 0.717) is 34.9 Å². The first kappa shape index (κ1) is 24.0. The summed E-state index contributed by atoms with van der Waals surface area (Å²) in [7, 11) is 1.52. The monoisotopic (exact) mass is 523 g/mol. The minimum Gasteiger partial charge on any atom is -0.493 e. The van der Waals surface area contributed by atoms with Gasteiger partial charge >= 0.3 is 11.7 Å². The van der Waals surface area contributed by atoms with Gasteiger partial charge in [0.05, 0.1) is 19.2 Å². The number of carbonyl (C=O) groups is 1. The molecule has 0 bridgehead atoms. The van der Waals surface area contributed by atoms with Gasteiger partial charge in [0.25, 0.3) is 0 Å². The molecule has 1 aliphatic heterocycles. The molecule has 6 N–H and O–H groups in total. The number of carboxylic acids is 1. The molecule has 2 aromatic carbocycles. The predicted octanol–water partition coefficient (Wildman–Crippen LogP) is 2.08. The number of nitrogens with one attached hydrogen (secondary N) is 3. The first-order valence-electron chi connectivity index (χ1n) is 10.8. The van der Waals surface area contributed by atoms with E-state index in [9.17, 15) is 14.7 Å². The molecule has 0 unspecified atom stereocenters. The highest BCUT2D eigenvalue weighted by atomic mass is 32.1. The summed E-state index contributed by atoms with van der Waals surface area (Å²) in [6, 6.07) is 9.74. The molecule has 5 rings (SSSR count). The van der Waals surface area contributed by atoms with Crippen molar-refractivity contribution in [3.05, 3.63) is 79.8 Å². The van der Waals surface area contributed by atoms with E-state index in [1.165, 1.54) is 12.6 Å². The SMILES string of the molecule is COc1cc([C@H](Nc2ccc(C(=N)N)cc2)c2nn(-c3ncsc3C(=O)O)c(=O)[nH]2)cc2c1OCOC2. The molecule has 0 aliphatic carbocycles. The maximum atomic E-state index is 12.9. The number of ether oxygens (including phenoxy) is 3. The van der Waals surface area contributed by atoms with Crippen LogP contribution in [0.15, 0.2) is 46.7 Å². The van der Waals surface area contributed by atoms with Gasteiger partial charge in [0.15, 0.2) is 34.8 Å². The molecule has 190 valence electrons. The first-order valence-corrected chi connectivity index (χ1v) is 11.7. The molecule has 3 heterocycles. The van der Waals surface area contributed by atoms with Crippen molar-refractivity contribution in [3.63, 3.8) is 0 Å². The van der Waals surface area contributed by atoms with Crippen LogP contribution in [0, 0.1) is 5.41 Å². The number of carboxylic acid groups (broad SMARTS) is 1. The third-order valence-corrected chi connectivity index (χ3v) is 6.41. The largest absolute Gasteiger partial charge is 0.493 e. The molecule has 0 saturated heterocycles. The van der Waals surface area contributed by atoms with Gasteiger partial charge in [-0.05, 0) is 42.0 Å². The number of thiazole rings is 1. The fraction of sp³-hybridized carbons (Fsp3) is 0.174. The van der Waals surface area contributed by atoms with Crippen molar-refractivity contribution >= 4 is 28.8 Å². The topological polar surface area (TPSA) is 190 Å². The highest BCUT2D eigenvalue weighted by Crippen LogP contribution is 2.38. The number of amidine groups is 1. The summed E-state index contributed by atoms with van der Waals surface area (Å²) >= 11 is 0.890. The number of anilines is 1. The minimum absolute atomic E-state index is 0.0666. The summed E-state index contributed by atoms with van der Waals surface area (Å²) in [6.07, 6.45) is 0. The van der Waals surface area contributed by atoms with Crippen molar-refractivity contribution in [2.45, 2.75) is 12.6 Å². The second-order valence-corrected chi connectivity index (χ2v) is 8.78. The Morgan fingerprint density at radius 1 is 1.35 bits per heavy atom. The Labute approximate surface area is 213 Å². The van der Waals surface area contributed by atoms with Gasteiger partial charge in [0.1, 0.15) is 11.9 Å². The molecule has 0 fully saturated rings. The number of hydrogen-bond acceptors (Lipinski definition) is 10. The average Bonchev–Trinajstić information content (AvgIpc) is 3.53. The van der Waals surface area contributed by atoms with Crippen LogP contribution in [0.5, 0.6) is 11.5 Å². The fourth-order valence-corrected chi connectivity index (χ4v) is 4.50. The normalized spacial score (nSPS) is 13.3. The zero-order chi connectivity index (χ0) is 26.1. The molecule has 0 spiro atoms. The van der Waals surface area contributed by atoms with Gasteiger partial charge in [-0.15, -0.1) is 16.4 Å². The molecule has 37 heavy (non-hydrogen) atoms. The Morgan fingerprint density at radius 2 is 2.14 bits per heavy atom. The maximum Gasteiger partial charge on any atom is 0.349 e. The van der Waals surface area contributed by atoms with Crippen LogP contribution in [0.3, 0.4) is 0 Å². The van der Waals surface area contributed by atoms with E-state index >= 15 is 0 Å². The Hall–Kier alpha value is -4.69. The molecular weight excluding hydrogens is 502 g/mol. The average molecular weight is 524 g/mol. The smallest absolute Gasteiger partial charge is 0.349 e. The molecule has 1 atom stereocenters. The van der Waals surface area contributed by atoms with Crippen LogP contribution >= 0.6 is 11.3 Å². The lowest BCUT2D eigenvalue weighted by Gasteiger charge is -2.24. The Morgan fingerprint density at radius 3 is 2.84 bits per heavy atom. The van der Waals surface area contributed by atoms with Gasteiger partial charge in [-0.1, -0.05) is 0 Å². The van der Waals surface area contributed by atoms with Crippen molar-refractivity contribution < 1.29 is 24.1 Å². The molecule has 2 aromatic heterocycles. The highest BCUT2D eigenvalue weighted by molar-refractivity contribution is 7.12. The van der Waals surface area contributed by atoms with Gasteiger partial charge in [0, 0.05) is 16.8 Å². The van der Waals surface area contributed by atoms with Crippen LogP contribution in [0.2, 0.25) is 0 Å². The zero-order valence-electron chi connectivity index (χ0n) is 19.3. The van der Waals surface area contributed by atoms with Crippen LogP contribution in [-0.2, 0) is 11.3 Å². The lowest BCUT2D eigenvalue weighted by atomic mass is 10.0. The standard InChI is InChI=1S/C23H21N7O6S/c1-34-15-7-12(6-13-8-35-10-36-17(13)15)16(27-14-4-2-11(3-5-14)19(24)25)20-28-23(33)30(29-20)21-18(22(31)32)37-9-26-21/h2-7,9,16,27H,8,10H2,1H3,(H3,24,25)(H,31,32)(H,28,29,33)/t16-/m0/s1. The number of methoxy groups -OCH3 is 1. The second kappa shape index (κ2) is 9.75. The van der Waals surface area contributed by atoms with Gasteiger partial charge in [-0.2, -0.15) is 4.68 Å². The molecule has 14 heteroatoms. The zero-order valence-corrected chi connectivity index (χ0v) is 20.2. The van der Waals surface area contributed by atoms with Crippen molar-refractivity contribution in [2.24, 2.45) is 5.73 Å². The summed E-state index contributed by atoms with van der Waals surface area (Å²) in [6.45, 7) is 0.398. The van der Waals surface area contributed by atoms with E-state index in [1.54, 1.807) is 30.3 Å². The number of nitrogens with zero attached hydrogens (tertiary/aromatic N) is 3. The van der Waals surface area contributed by atoms with Crippen LogP contribution in [-0.4, -0.2) is 50.6 Å². The molecule has 1 aliphatic rings. The number of benzene rings is 2. The number of rotatable bonds is 8. The van der Waals surface area contributed by atoms with Crippen molar-refractivity contribution in [2.75, 3.05) is 19.2 Å². The summed E-state index contributed by atoms with van der Waals surface area (Å²) in [5.74, 6) is -0.126. The van der Waals surface area contributed by atoms with E-state index in [4.69, 9.17) is 25.4 Å². The third kappa shape index (κ3) is 4.62. The molecule has 0 amide bonds. The lowest BCUT2D eigenvalue weighted by Crippen LogP contribution is -2.18. The van der Waals surface area contributed by atoms with Crippen LogP contribution in [0.1, 0.15) is 38.2 Å².